The maximum atomic E-state index is 6.26. The highest BCUT2D eigenvalue weighted by molar-refractivity contribution is 6.33. The van der Waals surface area contributed by atoms with Gasteiger partial charge in [-0.25, -0.2) is 0 Å². The van der Waals surface area contributed by atoms with Crippen LogP contribution in [0.1, 0.15) is 24.8 Å². The molecule has 18 heavy (non-hydrogen) atoms. The van der Waals surface area contributed by atoms with Crippen molar-refractivity contribution in [1.82, 2.24) is 9.78 Å². The molecule has 1 unspecified atom stereocenters. The molecule has 3 nitrogen and oxygen atoms in total. The Morgan fingerprint density at radius 3 is 2.83 bits per heavy atom. The summed E-state index contributed by atoms with van der Waals surface area (Å²) in [6.07, 6.45) is 4.78. The van der Waals surface area contributed by atoms with E-state index >= 15 is 0 Å². The quantitative estimate of drug-likeness (QED) is 0.921. The largest absolute Gasteiger partial charge is 0.330 e. The molecule has 4 heteroatoms. The van der Waals surface area contributed by atoms with Gasteiger partial charge in [0.15, 0.2) is 0 Å². The molecular weight excluding hydrogens is 246 g/mol. The second-order valence-corrected chi connectivity index (χ2v) is 5.03. The van der Waals surface area contributed by atoms with Crippen LogP contribution in [0.5, 0.6) is 0 Å². The van der Waals surface area contributed by atoms with Gasteiger partial charge in [-0.1, -0.05) is 24.6 Å². The summed E-state index contributed by atoms with van der Waals surface area (Å²) in [5.41, 5.74) is 8.96. The molecule has 0 fully saturated rings. The summed E-state index contributed by atoms with van der Waals surface area (Å²) in [6.45, 7) is 2.88. The van der Waals surface area contributed by atoms with Crippen LogP contribution in [-0.4, -0.2) is 16.3 Å². The molecular formula is C14H18ClN3. The summed E-state index contributed by atoms with van der Waals surface area (Å²) in [5, 5.41) is 4.94. The molecule has 0 aliphatic carbocycles. The first-order valence-electron chi connectivity index (χ1n) is 6.10. The fourth-order valence-electron chi connectivity index (χ4n) is 2.05. The highest BCUT2D eigenvalue weighted by Gasteiger charge is 2.10. The lowest BCUT2D eigenvalue weighted by Gasteiger charge is -2.12. The van der Waals surface area contributed by atoms with Crippen LogP contribution in [0.25, 0.3) is 11.1 Å². The van der Waals surface area contributed by atoms with Gasteiger partial charge in [0, 0.05) is 29.4 Å². The van der Waals surface area contributed by atoms with Crippen LogP contribution >= 0.6 is 11.6 Å². The number of nitrogens with zero attached hydrogens (tertiary/aromatic N) is 2. The molecule has 2 rings (SSSR count). The number of nitrogens with two attached hydrogens (primary N) is 1. The van der Waals surface area contributed by atoms with E-state index in [4.69, 9.17) is 17.3 Å². The molecule has 2 aromatic rings. The lowest BCUT2D eigenvalue weighted by Crippen LogP contribution is -2.04. The van der Waals surface area contributed by atoms with Crippen molar-refractivity contribution in [2.75, 3.05) is 6.54 Å². The molecule has 1 aromatic carbocycles. The first-order chi connectivity index (χ1) is 8.61. The minimum Gasteiger partial charge on any atom is -0.330 e. The van der Waals surface area contributed by atoms with E-state index < -0.39 is 0 Å². The van der Waals surface area contributed by atoms with Gasteiger partial charge in [-0.3, -0.25) is 4.68 Å². The zero-order valence-electron chi connectivity index (χ0n) is 10.7. The first-order valence-corrected chi connectivity index (χ1v) is 6.48. The molecule has 0 saturated heterocycles. The Kier molecular flexibility index (Phi) is 4.04. The van der Waals surface area contributed by atoms with Gasteiger partial charge >= 0.3 is 0 Å². The van der Waals surface area contributed by atoms with E-state index in [9.17, 15) is 0 Å². The molecule has 0 amide bonds. The zero-order chi connectivity index (χ0) is 13.1. The summed E-state index contributed by atoms with van der Waals surface area (Å²) < 4.78 is 1.78. The Morgan fingerprint density at radius 1 is 1.44 bits per heavy atom. The molecule has 2 N–H and O–H groups in total. The van der Waals surface area contributed by atoms with E-state index in [-0.39, 0.29) is 0 Å². The first kappa shape index (κ1) is 13.1. The molecule has 1 atom stereocenters. The maximum absolute atomic E-state index is 6.26. The van der Waals surface area contributed by atoms with Crippen LogP contribution in [0.3, 0.4) is 0 Å². The SMILES string of the molecule is CC(CCN)c1ccc(Cl)c(-c2cnn(C)c2)c1. The van der Waals surface area contributed by atoms with Gasteiger partial charge in [-0.05, 0) is 36.6 Å². The number of halogens is 1. The Labute approximate surface area is 113 Å². The molecule has 0 spiro atoms. The fourth-order valence-corrected chi connectivity index (χ4v) is 2.27. The number of aryl methyl sites for hydroxylation is 1. The van der Waals surface area contributed by atoms with Gasteiger partial charge in [0.25, 0.3) is 0 Å². The predicted octanol–water partition coefficient (Wildman–Crippen LogP) is 3.19. The molecule has 0 saturated carbocycles. The van der Waals surface area contributed by atoms with Crippen molar-refractivity contribution >= 4 is 11.6 Å². The van der Waals surface area contributed by atoms with Gasteiger partial charge < -0.3 is 5.73 Å². The normalized spacial score (nSPS) is 12.7. The van der Waals surface area contributed by atoms with Crippen molar-refractivity contribution in [2.45, 2.75) is 19.3 Å². The highest BCUT2D eigenvalue weighted by Crippen LogP contribution is 2.31. The number of benzene rings is 1. The van der Waals surface area contributed by atoms with Crippen LogP contribution in [0.4, 0.5) is 0 Å². The van der Waals surface area contributed by atoms with Crippen molar-refractivity contribution in [2.24, 2.45) is 12.8 Å². The summed E-state index contributed by atoms with van der Waals surface area (Å²) in [6, 6.07) is 6.16. The minimum absolute atomic E-state index is 0.447. The summed E-state index contributed by atoms with van der Waals surface area (Å²) in [7, 11) is 1.90. The zero-order valence-corrected chi connectivity index (χ0v) is 11.5. The number of rotatable bonds is 4. The van der Waals surface area contributed by atoms with Gasteiger partial charge in [0.05, 0.1) is 6.20 Å². The van der Waals surface area contributed by atoms with E-state index in [0.717, 1.165) is 22.6 Å². The third kappa shape index (κ3) is 2.74. The minimum atomic E-state index is 0.447. The molecule has 0 aliphatic rings. The standard InChI is InChI=1S/C14H18ClN3/c1-10(5-6-16)11-3-4-14(15)13(7-11)12-8-17-18(2)9-12/h3-4,7-10H,5-6,16H2,1-2H3. The van der Waals surface area contributed by atoms with Crippen molar-refractivity contribution in [1.29, 1.82) is 0 Å². The molecule has 96 valence electrons. The van der Waals surface area contributed by atoms with E-state index in [1.54, 1.807) is 4.68 Å². The Bertz CT molecular complexity index is 534. The van der Waals surface area contributed by atoms with Crippen molar-refractivity contribution < 1.29 is 0 Å². The maximum Gasteiger partial charge on any atom is 0.0568 e. The third-order valence-electron chi connectivity index (χ3n) is 3.18. The smallest absolute Gasteiger partial charge is 0.0568 e. The second kappa shape index (κ2) is 5.55. The van der Waals surface area contributed by atoms with Gasteiger partial charge in [-0.15, -0.1) is 0 Å². The predicted molar refractivity (Wildman–Crippen MR) is 75.7 cm³/mol. The Morgan fingerprint density at radius 2 is 2.22 bits per heavy atom. The van der Waals surface area contributed by atoms with Crippen LogP contribution in [-0.2, 0) is 7.05 Å². The average Bonchev–Trinajstić information content (AvgIpc) is 2.76. The molecule has 1 aromatic heterocycles. The molecule has 0 aliphatic heterocycles. The van der Waals surface area contributed by atoms with Gasteiger partial charge in [0.1, 0.15) is 0 Å². The van der Waals surface area contributed by atoms with E-state index in [2.05, 4.69) is 24.2 Å². The van der Waals surface area contributed by atoms with E-state index in [1.807, 2.05) is 25.5 Å². The van der Waals surface area contributed by atoms with Crippen molar-refractivity contribution in [3.63, 3.8) is 0 Å². The highest BCUT2D eigenvalue weighted by atomic mass is 35.5. The number of aromatic nitrogens is 2. The molecule has 0 radical (unpaired) electrons. The summed E-state index contributed by atoms with van der Waals surface area (Å²) >= 11 is 6.26. The Balaban J connectivity index is 2.38. The van der Waals surface area contributed by atoms with Crippen LogP contribution in [0.2, 0.25) is 5.02 Å². The van der Waals surface area contributed by atoms with Crippen LogP contribution < -0.4 is 5.73 Å². The fraction of sp³-hybridized carbons (Fsp3) is 0.357. The number of hydrogen-bond acceptors (Lipinski definition) is 2. The monoisotopic (exact) mass is 263 g/mol. The Hall–Kier alpha value is -1.32. The lowest BCUT2D eigenvalue weighted by atomic mass is 9.95. The topological polar surface area (TPSA) is 43.8 Å². The van der Waals surface area contributed by atoms with Crippen LogP contribution in [0.15, 0.2) is 30.6 Å². The third-order valence-corrected chi connectivity index (χ3v) is 3.50. The molecule has 1 heterocycles. The van der Waals surface area contributed by atoms with E-state index in [0.29, 0.717) is 12.5 Å². The second-order valence-electron chi connectivity index (χ2n) is 4.62. The van der Waals surface area contributed by atoms with E-state index in [1.165, 1.54) is 5.56 Å². The number of hydrogen-bond donors (Lipinski definition) is 1. The van der Waals surface area contributed by atoms with Crippen LogP contribution in [0, 0.1) is 0 Å². The van der Waals surface area contributed by atoms with Gasteiger partial charge in [0.2, 0.25) is 0 Å². The van der Waals surface area contributed by atoms with Gasteiger partial charge in [-0.2, -0.15) is 5.10 Å². The average molecular weight is 264 g/mol. The van der Waals surface area contributed by atoms with Crippen molar-refractivity contribution in [3.05, 3.63) is 41.2 Å². The summed E-state index contributed by atoms with van der Waals surface area (Å²) in [4.78, 5) is 0. The lowest BCUT2D eigenvalue weighted by molar-refractivity contribution is 0.690. The summed E-state index contributed by atoms with van der Waals surface area (Å²) in [5.74, 6) is 0.447. The molecule has 0 bridgehead atoms. The van der Waals surface area contributed by atoms with Crippen molar-refractivity contribution in [3.8, 4) is 11.1 Å².